The number of halogens is 6. The van der Waals surface area contributed by atoms with Gasteiger partial charge in [-0.1, -0.05) is 101 Å². The Hall–Kier alpha value is -3.95. The van der Waals surface area contributed by atoms with Crippen molar-refractivity contribution in [3.8, 4) is 10.4 Å². The van der Waals surface area contributed by atoms with E-state index >= 15 is 26.3 Å². The smallest absolute Gasteiger partial charge is 0.208 e. The van der Waals surface area contributed by atoms with Gasteiger partial charge in [-0.15, -0.1) is 22.7 Å². The lowest BCUT2D eigenvalue weighted by Gasteiger charge is -2.26. The van der Waals surface area contributed by atoms with Crippen LogP contribution in [-0.2, 0) is 26.3 Å². The molecule has 0 radical (unpaired) electrons. The van der Waals surface area contributed by atoms with E-state index < -0.39 is 28.9 Å². The Morgan fingerprint density at radius 3 is 1.64 bits per heavy atom. The van der Waals surface area contributed by atoms with Crippen LogP contribution in [0.5, 0.6) is 0 Å². The van der Waals surface area contributed by atoms with Crippen molar-refractivity contribution in [2.45, 2.75) is 102 Å². The molecule has 0 saturated heterocycles. The number of alkyl halides is 6. The first-order valence-electron chi connectivity index (χ1n) is 19.4. The number of unbranched alkanes of at least 4 members (excludes halogenated alkanes) is 6. The maximum atomic E-state index is 16.6. The zero-order valence-corrected chi connectivity index (χ0v) is 33.1. The Morgan fingerprint density at radius 2 is 1.09 bits per heavy atom. The van der Waals surface area contributed by atoms with Gasteiger partial charge >= 0.3 is 17.8 Å². The Morgan fingerprint density at radius 1 is 0.582 bits per heavy atom. The Labute approximate surface area is 327 Å². The lowest BCUT2D eigenvalue weighted by Crippen LogP contribution is -2.49. The van der Waals surface area contributed by atoms with E-state index in [2.05, 4.69) is 19.9 Å². The summed E-state index contributed by atoms with van der Waals surface area (Å²) in [5.74, 6) is -15.9. The third-order valence-corrected chi connectivity index (χ3v) is 13.3. The van der Waals surface area contributed by atoms with Crippen LogP contribution in [0.3, 0.4) is 0 Å². The first-order chi connectivity index (χ1) is 26.4. The molecule has 0 bridgehead atoms. The van der Waals surface area contributed by atoms with E-state index in [4.69, 9.17) is 0 Å². The van der Waals surface area contributed by atoms with Gasteiger partial charge in [0.25, 0.3) is 0 Å². The van der Waals surface area contributed by atoms with Crippen LogP contribution < -0.4 is 4.57 Å². The van der Waals surface area contributed by atoms with E-state index in [-0.39, 0.29) is 11.1 Å². The molecule has 6 aromatic rings. The molecule has 288 valence electrons. The normalized spacial score (nSPS) is 16.2. The molecule has 0 unspecified atom stereocenters. The SMILES string of the molecule is CCCCCCc1sc(Cc2c3ccccc3cc3ccccc23)cc1C1=C(c2cc(-c3cc[n+](C)cc3)sc2CCCCCC)C(F)(F)C(F)(F)C1(F)F. The number of pyridine rings is 1. The van der Waals surface area contributed by atoms with E-state index in [1.807, 2.05) is 84.7 Å². The van der Waals surface area contributed by atoms with Crippen molar-refractivity contribution in [1.29, 1.82) is 0 Å². The van der Waals surface area contributed by atoms with Crippen molar-refractivity contribution in [2.75, 3.05) is 0 Å². The van der Waals surface area contributed by atoms with Gasteiger partial charge in [0.2, 0.25) is 0 Å². The summed E-state index contributed by atoms with van der Waals surface area (Å²) in [5, 5.41) is 4.04. The molecule has 0 saturated carbocycles. The van der Waals surface area contributed by atoms with Crippen LogP contribution in [0.4, 0.5) is 26.3 Å². The number of benzene rings is 3. The molecule has 3 aromatic heterocycles. The lowest BCUT2D eigenvalue weighted by atomic mass is 9.91. The van der Waals surface area contributed by atoms with E-state index in [1.54, 1.807) is 0 Å². The number of rotatable bonds is 15. The molecule has 0 aliphatic heterocycles. The number of nitrogens with zero attached hydrogens (tertiary/aromatic N) is 1. The van der Waals surface area contributed by atoms with Crippen LogP contribution in [0.1, 0.15) is 96.5 Å². The van der Waals surface area contributed by atoms with Crippen LogP contribution in [-0.4, -0.2) is 17.8 Å². The van der Waals surface area contributed by atoms with Crippen LogP contribution in [0.15, 0.2) is 91.3 Å². The van der Waals surface area contributed by atoms with Crippen LogP contribution in [0, 0.1) is 0 Å². The minimum atomic E-state index is -5.62. The summed E-state index contributed by atoms with van der Waals surface area (Å²) in [4.78, 5) is 2.14. The Kier molecular flexibility index (Phi) is 11.4. The van der Waals surface area contributed by atoms with Gasteiger partial charge < -0.3 is 0 Å². The highest BCUT2D eigenvalue weighted by Crippen LogP contribution is 2.66. The summed E-state index contributed by atoms with van der Waals surface area (Å²) in [6, 6.07) is 24.6. The largest absolute Gasteiger partial charge is 0.380 e. The molecular formula is C46H46F6NS2+. The van der Waals surface area contributed by atoms with Crippen molar-refractivity contribution in [3.63, 3.8) is 0 Å². The topological polar surface area (TPSA) is 3.88 Å². The fourth-order valence-electron chi connectivity index (χ4n) is 7.93. The second-order valence-corrected chi connectivity index (χ2v) is 17.2. The summed E-state index contributed by atoms with van der Waals surface area (Å²) in [6.07, 6.45) is 11.3. The van der Waals surface area contributed by atoms with E-state index in [0.717, 1.165) is 65.6 Å². The zero-order valence-electron chi connectivity index (χ0n) is 31.5. The van der Waals surface area contributed by atoms with E-state index in [9.17, 15) is 0 Å². The van der Waals surface area contributed by atoms with Gasteiger partial charge in [-0.3, -0.25) is 0 Å². The molecule has 7 rings (SSSR count). The molecular weight excluding hydrogens is 745 g/mol. The van der Waals surface area contributed by atoms with Crippen molar-refractivity contribution < 1.29 is 30.9 Å². The number of aryl methyl sites for hydroxylation is 3. The average Bonchev–Trinajstić information content (AvgIpc) is 3.79. The van der Waals surface area contributed by atoms with Gasteiger partial charge in [0, 0.05) is 54.8 Å². The Balaban J connectivity index is 1.45. The highest BCUT2D eigenvalue weighted by molar-refractivity contribution is 7.15. The average molecular weight is 791 g/mol. The third kappa shape index (κ3) is 7.27. The summed E-state index contributed by atoms with van der Waals surface area (Å²) >= 11 is 2.51. The minimum absolute atomic E-state index is 0.172. The van der Waals surface area contributed by atoms with Crippen LogP contribution >= 0.6 is 22.7 Å². The molecule has 1 nitrogen and oxygen atoms in total. The van der Waals surface area contributed by atoms with Gasteiger partial charge in [0.1, 0.15) is 7.05 Å². The first-order valence-corrected chi connectivity index (χ1v) is 21.0. The molecule has 3 heterocycles. The summed E-state index contributed by atoms with van der Waals surface area (Å²) < 4.78 is 99.7. The highest BCUT2D eigenvalue weighted by atomic mass is 32.1. The standard InChI is InChI=1S/C46H46F6NS2/c1-4-6-8-10-20-39-37(28-33(54-39)27-36-34-18-14-12-16-31(34)26-32-17-13-15-19-35(32)36)42-43(45(49,50)46(51,52)44(42,47)48)38-29-41(30-22-24-53(3)25-23-30)55-40(38)21-11-9-7-5-2/h12-19,22-26,28-29H,4-11,20-21,27H2,1-3H3/q+1. The number of fused-ring (bicyclic) bond motifs is 2. The highest BCUT2D eigenvalue weighted by Gasteiger charge is 2.80. The summed E-state index contributed by atoms with van der Waals surface area (Å²) in [7, 11) is 1.85. The second kappa shape index (κ2) is 15.9. The molecule has 3 aromatic carbocycles. The molecule has 0 amide bonds. The van der Waals surface area contributed by atoms with Crippen LogP contribution in [0.2, 0.25) is 0 Å². The summed E-state index contributed by atoms with van der Waals surface area (Å²) in [5.41, 5.74) is -1.12. The third-order valence-electron chi connectivity index (χ3n) is 10.9. The first kappa shape index (κ1) is 39.3. The van der Waals surface area contributed by atoms with Gasteiger partial charge in [0.05, 0.1) is 0 Å². The van der Waals surface area contributed by atoms with Crippen LogP contribution in [0.25, 0.3) is 43.1 Å². The Bertz CT molecular complexity index is 2280. The molecule has 0 fully saturated rings. The molecule has 1 aliphatic rings. The van der Waals surface area contributed by atoms with E-state index in [1.165, 1.54) is 34.8 Å². The second-order valence-electron chi connectivity index (χ2n) is 14.8. The maximum Gasteiger partial charge on any atom is 0.380 e. The maximum absolute atomic E-state index is 16.6. The fourth-order valence-corrected chi connectivity index (χ4v) is 10.4. The molecule has 0 spiro atoms. The van der Waals surface area contributed by atoms with Crippen molar-refractivity contribution in [1.82, 2.24) is 0 Å². The fraction of sp³-hybridized carbons (Fsp3) is 0.370. The monoisotopic (exact) mass is 790 g/mol. The van der Waals surface area contributed by atoms with Crippen molar-refractivity contribution in [2.24, 2.45) is 7.05 Å². The minimum Gasteiger partial charge on any atom is -0.208 e. The molecule has 1 aliphatic carbocycles. The van der Waals surface area contributed by atoms with Crippen molar-refractivity contribution >= 4 is 55.4 Å². The predicted octanol–water partition coefficient (Wildman–Crippen LogP) is 14.3. The number of aromatic nitrogens is 1. The molecule has 0 N–H and O–H groups in total. The number of thiophene rings is 2. The van der Waals surface area contributed by atoms with Gasteiger partial charge in [0.15, 0.2) is 12.4 Å². The number of hydrogen-bond acceptors (Lipinski definition) is 2. The summed E-state index contributed by atoms with van der Waals surface area (Å²) in [6.45, 7) is 4.12. The number of allylic oxidation sites excluding steroid dienone is 2. The predicted molar refractivity (Wildman–Crippen MR) is 217 cm³/mol. The molecule has 0 atom stereocenters. The van der Waals surface area contributed by atoms with Gasteiger partial charge in [-0.25, -0.2) is 4.57 Å². The lowest BCUT2D eigenvalue weighted by molar-refractivity contribution is -0.671. The van der Waals surface area contributed by atoms with Crippen molar-refractivity contribution in [3.05, 3.63) is 123 Å². The zero-order chi connectivity index (χ0) is 39.0. The van der Waals surface area contributed by atoms with Gasteiger partial charge in [-0.05, 0) is 82.1 Å². The molecule has 9 heteroatoms. The quantitative estimate of drug-likeness (QED) is 0.0422. The van der Waals surface area contributed by atoms with E-state index in [0.29, 0.717) is 57.2 Å². The molecule has 55 heavy (non-hydrogen) atoms. The number of hydrogen-bond donors (Lipinski definition) is 0. The van der Waals surface area contributed by atoms with Gasteiger partial charge in [-0.2, -0.15) is 26.3 Å².